The number of aromatic nitrogens is 1. The van der Waals surface area contributed by atoms with Gasteiger partial charge >= 0.3 is 11.9 Å². The average Bonchev–Trinajstić information content (AvgIpc) is 3.02. The first kappa shape index (κ1) is 15.6. The Morgan fingerprint density at radius 3 is 2.16 bits per heavy atom. The molecule has 2 rings (SSSR count). The maximum atomic E-state index is 11.8. The van der Waals surface area contributed by atoms with E-state index in [1.165, 1.54) is 14.2 Å². The van der Waals surface area contributed by atoms with E-state index < -0.39 is 11.9 Å². The van der Waals surface area contributed by atoms with Crippen LogP contribution in [0.1, 0.15) is 46.0 Å². The predicted molar refractivity (Wildman–Crippen MR) is 74.5 cm³/mol. The Hall–Kier alpha value is -1.43. The van der Waals surface area contributed by atoms with Gasteiger partial charge in [-0.2, -0.15) is 0 Å². The van der Waals surface area contributed by atoms with Crippen molar-refractivity contribution in [2.75, 3.05) is 14.2 Å². The van der Waals surface area contributed by atoms with Crippen LogP contribution in [-0.2, 0) is 21.1 Å². The lowest BCUT2D eigenvalue weighted by molar-refractivity contribution is 0.0555. The zero-order chi connectivity index (χ0) is 14.6. The van der Waals surface area contributed by atoms with Gasteiger partial charge in [-0.05, 0) is 6.92 Å². The summed E-state index contributed by atoms with van der Waals surface area (Å²) in [6.45, 7) is 5.81. The number of methoxy groups -OCH3 is 2. The number of fused-ring (bicyclic) bond motifs is 1. The number of rotatable bonds is 2. The van der Waals surface area contributed by atoms with Crippen molar-refractivity contribution in [3.63, 3.8) is 0 Å². The van der Waals surface area contributed by atoms with E-state index in [1.54, 1.807) is 11.8 Å². The topological polar surface area (TPSA) is 57.5 Å². The Bertz CT molecular complexity index is 493. The van der Waals surface area contributed by atoms with Gasteiger partial charge in [0.2, 0.25) is 0 Å². The number of ether oxygens (including phenoxy) is 2. The van der Waals surface area contributed by atoms with Gasteiger partial charge in [-0.1, -0.05) is 13.8 Å². The predicted octanol–water partition coefficient (Wildman–Crippen LogP) is 2.60. The molecule has 0 aliphatic carbocycles. The monoisotopic (exact) mass is 285 g/mol. The van der Waals surface area contributed by atoms with E-state index in [9.17, 15) is 9.59 Å². The highest BCUT2D eigenvalue weighted by Crippen LogP contribution is 2.34. The van der Waals surface area contributed by atoms with Crippen molar-refractivity contribution in [1.82, 2.24) is 4.57 Å². The average molecular weight is 285 g/mol. The van der Waals surface area contributed by atoms with Gasteiger partial charge < -0.3 is 14.0 Å². The lowest BCUT2D eigenvalue weighted by Gasteiger charge is -2.04. The molecule has 106 valence electrons. The molecule has 0 aromatic carbocycles. The molecule has 0 N–H and O–H groups in total. The van der Waals surface area contributed by atoms with Crippen LogP contribution in [0, 0.1) is 6.92 Å². The molecule has 19 heavy (non-hydrogen) atoms. The third-order valence-corrected chi connectivity index (χ3v) is 3.79. The van der Waals surface area contributed by atoms with Crippen LogP contribution in [0.3, 0.4) is 0 Å². The van der Waals surface area contributed by atoms with E-state index in [2.05, 4.69) is 0 Å². The van der Waals surface area contributed by atoms with Gasteiger partial charge in [0.25, 0.3) is 0 Å². The molecule has 0 fully saturated rings. The van der Waals surface area contributed by atoms with Gasteiger partial charge in [-0.25, -0.2) is 9.59 Å². The van der Waals surface area contributed by atoms with Gasteiger partial charge in [-0.15, -0.1) is 11.8 Å². The second-order valence-corrected chi connectivity index (χ2v) is 4.63. The van der Waals surface area contributed by atoms with Crippen LogP contribution in [0.5, 0.6) is 0 Å². The van der Waals surface area contributed by atoms with Crippen LogP contribution in [-0.4, -0.2) is 30.7 Å². The molecule has 2 heterocycles. The first-order valence-corrected chi connectivity index (χ1v) is 7.23. The maximum Gasteiger partial charge on any atom is 0.340 e. The van der Waals surface area contributed by atoms with E-state index in [1.807, 2.05) is 25.3 Å². The van der Waals surface area contributed by atoms with Crippen molar-refractivity contribution in [3.8, 4) is 0 Å². The maximum absolute atomic E-state index is 11.8. The lowest BCUT2D eigenvalue weighted by Crippen LogP contribution is -2.11. The van der Waals surface area contributed by atoms with Gasteiger partial charge in [0, 0.05) is 17.1 Å². The van der Waals surface area contributed by atoms with E-state index in [0.29, 0.717) is 16.9 Å². The molecule has 0 amide bonds. The van der Waals surface area contributed by atoms with E-state index in [-0.39, 0.29) is 0 Å². The van der Waals surface area contributed by atoms with E-state index in [4.69, 9.17) is 9.47 Å². The fourth-order valence-electron chi connectivity index (χ4n) is 2.03. The highest BCUT2D eigenvalue weighted by Gasteiger charge is 2.32. The third-order valence-electron chi connectivity index (χ3n) is 2.87. The fraction of sp³-hybridized carbons (Fsp3) is 0.538. The summed E-state index contributed by atoms with van der Waals surface area (Å²) in [6, 6.07) is 0. The smallest absolute Gasteiger partial charge is 0.340 e. The highest BCUT2D eigenvalue weighted by molar-refractivity contribution is 7.97. The van der Waals surface area contributed by atoms with Gasteiger partial charge in [0.1, 0.15) is 0 Å². The number of hydrogen-bond acceptors (Lipinski definition) is 5. The zero-order valence-corrected chi connectivity index (χ0v) is 12.7. The number of carbonyl (C=O) groups is 2. The highest BCUT2D eigenvalue weighted by atomic mass is 32.2. The normalized spacial score (nSPS) is 12.3. The fourth-order valence-corrected chi connectivity index (χ4v) is 3.15. The summed E-state index contributed by atoms with van der Waals surface area (Å²) in [7, 11) is 2.62. The molecule has 1 aliphatic rings. The molecule has 6 heteroatoms. The Labute approximate surface area is 117 Å². The van der Waals surface area contributed by atoms with Gasteiger partial charge in [0.05, 0.1) is 31.2 Å². The molecule has 0 atom stereocenters. The van der Waals surface area contributed by atoms with Crippen molar-refractivity contribution in [2.24, 2.45) is 0 Å². The van der Waals surface area contributed by atoms with Crippen LogP contribution < -0.4 is 0 Å². The second kappa shape index (κ2) is 6.65. The Morgan fingerprint density at radius 1 is 1.11 bits per heavy atom. The van der Waals surface area contributed by atoms with Crippen LogP contribution in [0.25, 0.3) is 0 Å². The number of nitrogens with zero attached hydrogens (tertiary/aromatic N) is 1. The molecule has 0 bridgehead atoms. The zero-order valence-electron chi connectivity index (χ0n) is 11.9. The first-order valence-electron chi connectivity index (χ1n) is 6.08. The summed E-state index contributed by atoms with van der Waals surface area (Å²) in [5, 5.41) is 0. The van der Waals surface area contributed by atoms with Gasteiger partial charge in [-0.3, -0.25) is 0 Å². The summed E-state index contributed by atoms with van der Waals surface area (Å²) in [5.41, 5.74) is 2.29. The summed E-state index contributed by atoms with van der Waals surface area (Å²) >= 11 is 1.70. The van der Waals surface area contributed by atoms with Gasteiger partial charge in [0.15, 0.2) is 0 Å². The number of esters is 2. The minimum absolute atomic E-state index is 0.328. The van der Waals surface area contributed by atoms with Crippen molar-refractivity contribution in [1.29, 1.82) is 0 Å². The quantitative estimate of drug-likeness (QED) is 0.782. The van der Waals surface area contributed by atoms with Crippen LogP contribution in [0.2, 0.25) is 0 Å². The molecule has 1 aromatic heterocycles. The summed E-state index contributed by atoms with van der Waals surface area (Å²) in [5.74, 6) is 0.490. The molecule has 1 aliphatic heterocycles. The Kier molecular flexibility index (Phi) is 5.47. The Morgan fingerprint density at radius 2 is 1.63 bits per heavy atom. The van der Waals surface area contributed by atoms with E-state index >= 15 is 0 Å². The Balaban J connectivity index is 0.000000861. The minimum atomic E-state index is -0.491. The molecule has 1 aromatic rings. The summed E-state index contributed by atoms with van der Waals surface area (Å²) in [4.78, 5) is 23.5. The summed E-state index contributed by atoms with van der Waals surface area (Å²) < 4.78 is 11.4. The van der Waals surface area contributed by atoms with Crippen LogP contribution in [0.4, 0.5) is 0 Å². The molecule has 5 nitrogen and oxygen atoms in total. The molecule has 0 saturated carbocycles. The molecule has 0 radical (unpaired) electrons. The van der Waals surface area contributed by atoms with E-state index in [0.717, 1.165) is 17.3 Å². The largest absolute Gasteiger partial charge is 0.465 e. The number of carbonyl (C=O) groups excluding carboxylic acids is 2. The first-order chi connectivity index (χ1) is 9.11. The van der Waals surface area contributed by atoms with Crippen molar-refractivity contribution in [3.05, 3.63) is 22.5 Å². The van der Waals surface area contributed by atoms with Crippen molar-refractivity contribution in [2.45, 2.75) is 32.4 Å². The molecular weight excluding hydrogens is 266 g/mol. The summed E-state index contributed by atoms with van der Waals surface area (Å²) in [6.07, 6.45) is 0. The number of hydrogen-bond donors (Lipinski definition) is 0. The standard InChI is InChI=1S/C11H13NO4S.C2H6/c1-6-8(10(13)15-2)9(11(14)16-3)7-4-17-5-12(6)7;1-2/h4-5H2,1-3H3;1-2H3. The van der Waals surface area contributed by atoms with Crippen molar-refractivity contribution >= 4 is 23.7 Å². The second-order valence-electron chi connectivity index (χ2n) is 3.67. The number of thioether (sulfide) groups is 1. The molecule has 0 saturated heterocycles. The van der Waals surface area contributed by atoms with Crippen LogP contribution >= 0.6 is 11.8 Å². The molecular formula is C13H19NO4S. The minimum Gasteiger partial charge on any atom is -0.465 e. The lowest BCUT2D eigenvalue weighted by atomic mass is 10.1. The van der Waals surface area contributed by atoms with Crippen molar-refractivity contribution < 1.29 is 19.1 Å². The SMILES string of the molecule is CC.COC(=O)c1c(C(=O)OC)c2n(c1C)CSC2. The molecule has 0 spiro atoms. The van der Waals surface area contributed by atoms with Crippen LogP contribution in [0.15, 0.2) is 0 Å². The molecule has 0 unspecified atom stereocenters. The third kappa shape index (κ3) is 2.63.